The van der Waals surface area contributed by atoms with E-state index in [0.29, 0.717) is 18.4 Å². The Labute approximate surface area is 192 Å². The Hall–Kier alpha value is -3.66. The van der Waals surface area contributed by atoms with Gasteiger partial charge in [-0.25, -0.2) is 4.39 Å². The molecule has 0 spiro atoms. The third-order valence-electron chi connectivity index (χ3n) is 5.63. The van der Waals surface area contributed by atoms with Gasteiger partial charge in [0.1, 0.15) is 17.1 Å². The second-order valence-electron chi connectivity index (χ2n) is 7.97. The minimum Gasteiger partial charge on any atom is -0.435 e. The molecule has 1 fully saturated rings. The van der Waals surface area contributed by atoms with E-state index in [9.17, 15) is 27.9 Å². The van der Waals surface area contributed by atoms with Crippen LogP contribution in [0.4, 0.5) is 13.2 Å². The molecular formula is C24H22F3N3O4. The van der Waals surface area contributed by atoms with Crippen molar-refractivity contribution in [3.63, 3.8) is 0 Å². The average Bonchev–Trinajstić information content (AvgIpc) is 2.81. The summed E-state index contributed by atoms with van der Waals surface area (Å²) in [5.41, 5.74) is -0.314. The number of hydrogen-bond donors (Lipinski definition) is 2. The van der Waals surface area contributed by atoms with Crippen molar-refractivity contribution in [3.05, 3.63) is 76.3 Å². The van der Waals surface area contributed by atoms with Gasteiger partial charge in [-0.05, 0) is 61.4 Å². The molecule has 1 aliphatic rings. The number of aliphatic hydroxyl groups excluding tert-OH is 1. The molecule has 0 aliphatic heterocycles. The van der Waals surface area contributed by atoms with Crippen LogP contribution in [-0.4, -0.2) is 39.6 Å². The van der Waals surface area contributed by atoms with E-state index in [0.717, 1.165) is 23.6 Å². The largest absolute Gasteiger partial charge is 0.435 e. The number of aliphatic hydroxyl groups is 1. The van der Waals surface area contributed by atoms with Gasteiger partial charge in [0.05, 0.1) is 23.5 Å². The summed E-state index contributed by atoms with van der Waals surface area (Å²) >= 11 is 0. The monoisotopic (exact) mass is 473 g/mol. The van der Waals surface area contributed by atoms with Crippen molar-refractivity contribution < 1.29 is 27.8 Å². The number of carbonyl (C=O) groups is 1. The van der Waals surface area contributed by atoms with E-state index in [2.05, 4.69) is 15.2 Å². The van der Waals surface area contributed by atoms with Crippen LogP contribution in [0.25, 0.3) is 16.9 Å². The molecule has 2 aromatic carbocycles. The Morgan fingerprint density at radius 3 is 2.53 bits per heavy atom. The van der Waals surface area contributed by atoms with Gasteiger partial charge in [0.15, 0.2) is 0 Å². The number of benzene rings is 2. The maximum atomic E-state index is 13.8. The minimum absolute atomic E-state index is 0.0681. The molecule has 0 saturated heterocycles. The number of carbonyl (C=O) groups excluding carboxylic acids is 1. The maximum Gasteiger partial charge on any atom is 0.387 e. The van der Waals surface area contributed by atoms with Gasteiger partial charge in [-0.1, -0.05) is 18.9 Å². The molecule has 2 unspecified atom stereocenters. The van der Waals surface area contributed by atoms with E-state index >= 15 is 0 Å². The summed E-state index contributed by atoms with van der Waals surface area (Å²) in [5, 5.41) is 17.2. The summed E-state index contributed by atoms with van der Waals surface area (Å²) in [5.74, 6) is -1.36. The minimum atomic E-state index is -2.98. The fraction of sp³-hybridized carbons (Fsp3) is 0.292. The molecular weight excluding hydrogens is 451 g/mol. The molecule has 3 aromatic rings. The molecule has 7 nitrogen and oxygen atoms in total. The number of aromatic nitrogens is 2. The summed E-state index contributed by atoms with van der Waals surface area (Å²) in [7, 11) is 0. The second kappa shape index (κ2) is 10.1. The molecule has 4 rings (SSSR count). The molecule has 1 saturated carbocycles. The van der Waals surface area contributed by atoms with Gasteiger partial charge in [-0.15, -0.1) is 0 Å². The first-order valence-corrected chi connectivity index (χ1v) is 10.8. The lowest BCUT2D eigenvalue weighted by Gasteiger charge is -2.28. The van der Waals surface area contributed by atoms with Gasteiger partial charge < -0.3 is 15.2 Å². The normalized spacial score (nSPS) is 18.0. The SMILES string of the molecule is O=C(NC1CCCCC1O)c1cc(-c2ccc(OC(F)F)cc2)nn(-c2cccc(F)c2)c1=O. The Balaban J connectivity index is 1.76. The predicted molar refractivity (Wildman–Crippen MR) is 118 cm³/mol. The highest BCUT2D eigenvalue weighted by atomic mass is 19.3. The van der Waals surface area contributed by atoms with Crippen molar-refractivity contribution in [3.8, 4) is 22.7 Å². The quantitative estimate of drug-likeness (QED) is 0.570. The van der Waals surface area contributed by atoms with Crippen LogP contribution in [0.1, 0.15) is 36.0 Å². The van der Waals surface area contributed by atoms with E-state index in [1.54, 1.807) is 0 Å². The third-order valence-corrected chi connectivity index (χ3v) is 5.63. The second-order valence-corrected chi connectivity index (χ2v) is 7.97. The highest BCUT2D eigenvalue weighted by Gasteiger charge is 2.27. The summed E-state index contributed by atoms with van der Waals surface area (Å²) in [4.78, 5) is 26.2. The summed E-state index contributed by atoms with van der Waals surface area (Å²) in [6.45, 7) is -2.98. The Bertz CT molecular complexity index is 1230. The number of hydrogen-bond acceptors (Lipinski definition) is 5. The molecule has 1 aliphatic carbocycles. The van der Waals surface area contributed by atoms with Crippen molar-refractivity contribution in [2.75, 3.05) is 0 Å². The Kier molecular flexibility index (Phi) is 6.97. The highest BCUT2D eigenvalue weighted by Crippen LogP contribution is 2.23. The zero-order chi connectivity index (χ0) is 24.2. The lowest BCUT2D eigenvalue weighted by atomic mass is 9.92. The molecule has 2 atom stereocenters. The fourth-order valence-electron chi connectivity index (χ4n) is 3.91. The lowest BCUT2D eigenvalue weighted by molar-refractivity contribution is -0.0498. The van der Waals surface area contributed by atoms with Crippen LogP contribution in [0.3, 0.4) is 0 Å². The van der Waals surface area contributed by atoms with Crippen LogP contribution in [0.2, 0.25) is 0 Å². The third kappa shape index (κ3) is 5.28. The number of amides is 1. The van der Waals surface area contributed by atoms with Gasteiger partial charge in [-0.3, -0.25) is 9.59 Å². The Morgan fingerprint density at radius 2 is 1.85 bits per heavy atom. The number of alkyl halides is 2. The molecule has 178 valence electrons. The van der Waals surface area contributed by atoms with Crippen molar-refractivity contribution in [1.82, 2.24) is 15.1 Å². The average molecular weight is 473 g/mol. The number of ether oxygens (including phenoxy) is 1. The van der Waals surface area contributed by atoms with E-state index in [1.165, 1.54) is 48.5 Å². The Morgan fingerprint density at radius 1 is 1.12 bits per heavy atom. The van der Waals surface area contributed by atoms with E-state index < -0.39 is 36.0 Å². The van der Waals surface area contributed by atoms with Crippen LogP contribution in [0.5, 0.6) is 5.75 Å². The number of nitrogens with one attached hydrogen (secondary N) is 1. The first-order chi connectivity index (χ1) is 16.3. The van der Waals surface area contributed by atoms with Crippen LogP contribution in [0.15, 0.2) is 59.4 Å². The van der Waals surface area contributed by atoms with E-state index in [1.807, 2.05) is 0 Å². The van der Waals surface area contributed by atoms with Crippen LogP contribution in [-0.2, 0) is 0 Å². The standard InChI is InChI=1S/C24H22F3N3O4/c25-15-4-3-5-16(12-15)30-23(33)18(22(32)28-19-6-1-2-7-21(19)31)13-20(29-30)14-8-10-17(11-9-14)34-24(26)27/h3-5,8-13,19,21,24,31H,1-2,6-7H2,(H,28,32). The van der Waals surface area contributed by atoms with E-state index in [-0.39, 0.29) is 22.7 Å². The van der Waals surface area contributed by atoms with Crippen molar-refractivity contribution in [1.29, 1.82) is 0 Å². The number of halogens is 3. The van der Waals surface area contributed by atoms with Crippen molar-refractivity contribution >= 4 is 5.91 Å². The molecule has 1 heterocycles. The number of nitrogens with zero attached hydrogens (tertiary/aromatic N) is 2. The van der Waals surface area contributed by atoms with Gasteiger partial charge in [-0.2, -0.15) is 18.6 Å². The molecule has 10 heteroatoms. The summed E-state index contributed by atoms with van der Waals surface area (Å²) in [6.07, 6.45) is 2.10. The lowest BCUT2D eigenvalue weighted by Crippen LogP contribution is -2.46. The summed E-state index contributed by atoms with van der Waals surface area (Å²) in [6, 6.07) is 11.5. The molecule has 1 amide bonds. The summed E-state index contributed by atoms with van der Waals surface area (Å²) < 4.78 is 44.0. The van der Waals surface area contributed by atoms with Gasteiger partial charge >= 0.3 is 6.61 Å². The first-order valence-electron chi connectivity index (χ1n) is 10.8. The van der Waals surface area contributed by atoms with Crippen molar-refractivity contribution in [2.45, 2.75) is 44.4 Å². The fourth-order valence-corrected chi connectivity index (χ4v) is 3.91. The molecule has 0 bridgehead atoms. The van der Waals surface area contributed by atoms with Crippen LogP contribution >= 0.6 is 0 Å². The predicted octanol–water partition coefficient (Wildman–Crippen LogP) is 3.67. The zero-order valence-electron chi connectivity index (χ0n) is 18.0. The maximum absolute atomic E-state index is 13.8. The molecule has 34 heavy (non-hydrogen) atoms. The van der Waals surface area contributed by atoms with Crippen LogP contribution < -0.4 is 15.6 Å². The number of rotatable bonds is 6. The molecule has 2 N–H and O–H groups in total. The first kappa shape index (κ1) is 23.5. The molecule has 1 aromatic heterocycles. The van der Waals surface area contributed by atoms with Crippen LogP contribution in [0, 0.1) is 5.82 Å². The van der Waals surface area contributed by atoms with Gasteiger partial charge in [0, 0.05) is 5.56 Å². The smallest absolute Gasteiger partial charge is 0.387 e. The molecule has 0 radical (unpaired) electrons. The zero-order valence-corrected chi connectivity index (χ0v) is 18.0. The van der Waals surface area contributed by atoms with E-state index in [4.69, 9.17) is 0 Å². The highest BCUT2D eigenvalue weighted by molar-refractivity contribution is 5.95. The topological polar surface area (TPSA) is 93.4 Å². The van der Waals surface area contributed by atoms with Gasteiger partial charge in [0.25, 0.3) is 11.5 Å². The van der Waals surface area contributed by atoms with Gasteiger partial charge in [0.2, 0.25) is 0 Å². The van der Waals surface area contributed by atoms with Crippen molar-refractivity contribution in [2.24, 2.45) is 0 Å².